The number of benzene rings is 3. The molecule has 5 amide bonds. The highest BCUT2D eigenvalue weighted by Crippen LogP contribution is 2.28. The summed E-state index contributed by atoms with van der Waals surface area (Å²) in [6, 6.07) is 16.1. The van der Waals surface area contributed by atoms with E-state index in [-0.39, 0.29) is 51.2 Å². The summed E-state index contributed by atoms with van der Waals surface area (Å²) in [5.74, 6) is -1.97. The van der Waals surface area contributed by atoms with Gasteiger partial charge in [0.1, 0.15) is 11.4 Å². The van der Waals surface area contributed by atoms with E-state index >= 15 is 0 Å². The van der Waals surface area contributed by atoms with Gasteiger partial charge >= 0.3 is 6.09 Å². The molecular formula is C38H38Cl2N6O9S. The highest BCUT2D eigenvalue weighted by molar-refractivity contribution is 7.89. The number of fused-ring (bicyclic) bond motifs is 1. The van der Waals surface area contributed by atoms with E-state index in [4.69, 9.17) is 32.7 Å². The number of carbonyl (C=O) groups is 5. The number of hydrogen-bond donors (Lipinski definition) is 2. The fourth-order valence-corrected chi connectivity index (χ4v) is 7.79. The summed E-state index contributed by atoms with van der Waals surface area (Å²) in [5.41, 5.74) is -0.657. The number of anilines is 1. The number of carbonyl (C=O) groups excluding carboxylic acids is 5. The van der Waals surface area contributed by atoms with Crippen molar-refractivity contribution >= 4 is 68.6 Å². The fourth-order valence-electron chi connectivity index (χ4n) is 6.09. The lowest BCUT2D eigenvalue weighted by Gasteiger charge is -2.33. The van der Waals surface area contributed by atoms with Crippen LogP contribution in [0.4, 0.5) is 10.5 Å². The number of hydrogen-bond acceptors (Lipinski definition) is 10. The van der Waals surface area contributed by atoms with Crippen molar-refractivity contribution in [2.75, 3.05) is 31.6 Å². The molecule has 0 bridgehead atoms. The van der Waals surface area contributed by atoms with Crippen LogP contribution in [0.2, 0.25) is 10.0 Å². The van der Waals surface area contributed by atoms with Crippen LogP contribution in [0.1, 0.15) is 81.6 Å². The molecule has 2 N–H and O–H groups in total. The predicted octanol–water partition coefficient (Wildman–Crippen LogP) is 5.87. The van der Waals surface area contributed by atoms with Crippen LogP contribution in [-0.2, 0) is 14.8 Å². The average molecular weight is 826 g/mol. The highest BCUT2D eigenvalue weighted by atomic mass is 35.5. The van der Waals surface area contributed by atoms with Crippen LogP contribution in [-0.4, -0.2) is 95.0 Å². The van der Waals surface area contributed by atoms with E-state index in [1.54, 1.807) is 56.0 Å². The predicted molar refractivity (Wildman–Crippen MR) is 206 cm³/mol. The number of ether oxygens (including phenoxy) is 2. The maximum Gasteiger partial charge on any atom is 0.410 e. The molecule has 15 nitrogen and oxygen atoms in total. The van der Waals surface area contributed by atoms with Gasteiger partial charge in [0.2, 0.25) is 0 Å². The van der Waals surface area contributed by atoms with Crippen LogP contribution in [0.5, 0.6) is 5.75 Å². The zero-order valence-corrected chi connectivity index (χ0v) is 32.9. The lowest BCUT2D eigenvalue weighted by atomic mass is 10.1. The summed E-state index contributed by atoms with van der Waals surface area (Å²) in [7, 11) is -4.42. The molecule has 0 spiro atoms. The molecule has 56 heavy (non-hydrogen) atoms. The number of aromatic nitrogens is 2. The van der Waals surface area contributed by atoms with Crippen molar-refractivity contribution in [3.63, 3.8) is 0 Å². The van der Waals surface area contributed by atoms with Crippen molar-refractivity contribution in [1.29, 1.82) is 0 Å². The van der Waals surface area contributed by atoms with Gasteiger partial charge in [0.05, 0.1) is 50.1 Å². The van der Waals surface area contributed by atoms with Gasteiger partial charge in [-0.25, -0.2) is 4.79 Å². The Labute approximate surface area is 332 Å². The van der Waals surface area contributed by atoms with E-state index in [0.29, 0.717) is 53.3 Å². The van der Waals surface area contributed by atoms with Gasteiger partial charge < -0.3 is 25.0 Å². The molecule has 0 atom stereocenters. The van der Waals surface area contributed by atoms with Gasteiger partial charge in [0.25, 0.3) is 33.7 Å². The quantitative estimate of drug-likeness (QED) is 0.137. The van der Waals surface area contributed by atoms with Crippen molar-refractivity contribution in [1.82, 2.24) is 24.3 Å². The Kier molecular flexibility index (Phi) is 11.7. The van der Waals surface area contributed by atoms with E-state index in [1.807, 2.05) is 0 Å². The van der Waals surface area contributed by atoms with E-state index in [0.717, 1.165) is 11.1 Å². The third-order valence-electron chi connectivity index (χ3n) is 8.87. The van der Waals surface area contributed by atoms with Gasteiger partial charge in [-0.1, -0.05) is 41.4 Å². The van der Waals surface area contributed by atoms with Gasteiger partial charge in [0.15, 0.2) is 5.69 Å². The number of likely N-dealkylation sites (tertiary alicyclic amines) is 1. The Balaban J connectivity index is 1.14. The molecule has 1 saturated heterocycles. The first-order valence-electron chi connectivity index (χ1n) is 17.6. The number of rotatable bonds is 11. The first kappa shape index (κ1) is 40.2. The summed E-state index contributed by atoms with van der Waals surface area (Å²) in [6.07, 6.45) is 1.65. The number of halogens is 2. The summed E-state index contributed by atoms with van der Waals surface area (Å²) in [5, 5.41) is 9.54. The van der Waals surface area contributed by atoms with Gasteiger partial charge in [-0.3, -0.25) is 24.1 Å². The van der Waals surface area contributed by atoms with E-state index in [2.05, 4.69) is 15.7 Å². The minimum Gasteiger partial charge on any atom is -0.494 e. The van der Waals surface area contributed by atoms with Crippen molar-refractivity contribution < 1.29 is 41.9 Å². The Hall–Kier alpha value is -5.45. The number of piperidine rings is 1. The van der Waals surface area contributed by atoms with Crippen molar-refractivity contribution in [2.45, 2.75) is 56.6 Å². The first-order chi connectivity index (χ1) is 26.5. The molecule has 3 aromatic carbocycles. The van der Waals surface area contributed by atoms with Crippen LogP contribution >= 0.6 is 23.2 Å². The smallest absolute Gasteiger partial charge is 0.410 e. The molecule has 2 aliphatic rings. The number of nitrogens with one attached hydrogen (secondary N) is 2. The average Bonchev–Trinajstić information content (AvgIpc) is 3.68. The Morgan fingerprint density at radius 2 is 1.48 bits per heavy atom. The SMILES string of the molecule is CC(C)(C)OC(=O)N1CCC(NC(=O)c2nn(S(=O)(=O)c3ccc(OCCCN4C(=O)c5ccccc5C4=O)cc3)cc2NC(=O)c2c(Cl)cccc2Cl)CC1. The highest BCUT2D eigenvalue weighted by Gasteiger charge is 2.35. The topological polar surface area (TPSA) is 186 Å². The molecule has 4 aromatic rings. The summed E-state index contributed by atoms with van der Waals surface area (Å²) < 4.78 is 39.4. The summed E-state index contributed by atoms with van der Waals surface area (Å²) in [4.78, 5) is 67.3. The lowest BCUT2D eigenvalue weighted by Crippen LogP contribution is -2.48. The summed E-state index contributed by atoms with van der Waals surface area (Å²) >= 11 is 12.5. The van der Waals surface area contributed by atoms with Gasteiger partial charge in [-0.05, 0) is 88.6 Å². The largest absolute Gasteiger partial charge is 0.494 e. The van der Waals surface area contributed by atoms with Crippen LogP contribution < -0.4 is 15.4 Å². The van der Waals surface area contributed by atoms with Crippen molar-refractivity contribution in [3.05, 3.63) is 105 Å². The Morgan fingerprint density at radius 1 is 0.875 bits per heavy atom. The minimum absolute atomic E-state index is 0.0312. The molecule has 1 fully saturated rings. The first-order valence-corrected chi connectivity index (χ1v) is 19.8. The number of nitrogens with zero attached hydrogens (tertiary/aromatic N) is 4. The zero-order valence-electron chi connectivity index (χ0n) is 30.6. The third-order valence-corrected chi connectivity index (χ3v) is 11.0. The number of imide groups is 1. The third kappa shape index (κ3) is 8.82. The van der Waals surface area contributed by atoms with E-state index in [9.17, 15) is 32.4 Å². The van der Waals surface area contributed by atoms with Crippen molar-refractivity contribution in [3.8, 4) is 5.75 Å². The summed E-state index contributed by atoms with van der Waals surface area (Å²) in [6.45, 7) is 6.20. The zero-order chi connectivity index (χ0) is 40.4. The lowest BCUT2D eigenvalue weighted by molar-refractivity contribution is 0.0199. The molecule has 1 aromatic heterocycles. The molecule has 0 radical (unpaired) electrons. The normalized spacial score (nSPS) is 14.7. The Bertz CT molecular complexity index is 2240. The minimum atomic E-state index is -4.42. The molecule has 294 valence electrons. The molecule has 0 aliphatic carbocycles. The fraction of sp³-hybridized carbons (Fsp3) is 0.316. The second-order valence-electron chi connectivity index (χ2n) is 14.0. The van der Waals surface area contributed by atoms with Crippen molar-refractivity contribution in [2.24, 2.45) is 0 Å². The molecule has 6 rings (SSSR count). The van der Waals surface area contributed by atoms with E-state index in [1.165, 1.54) is 36.4 Å². The standard InChI is InChI=1S/C38H38Cl2N6O9S/c1-38(2,3)55-37(51)44-19-16-23(17-20-44)41-34(48)32-30(42-33(47)31-28(39)10-6-11-29(31)40)22-46(43-32)56(52,53)25-14-12-24(13-15-25)54-21-7-18-45-35(49)26-8-4-5-9-27(26)36(45)50/h4-6,8-15,22-23H,7,16-21H2,1-3H3,(H,41,48)(H,42,47). The van der Waals surface area contributed by atoms with Crippen LogP contribution in [0.3, 0.4) is 0 Å². The molecule has 2 aliphatic heterocycles. The molecular weight excluding hydrogens is 787 g/mol. The maximum atomic E-state index is 13.8. The van der Waals surface area contributed by atoms with Crippen LogP contribution in [0.25, 0.3) is 0 Å². The molecule has 0 unspecified atom stereocenters. The van der Waals surface area contributed by atoms with Gasteiger partial charge in [-0.2, -0.15) is 17.6 Å². The molecule has 0 saturated carbocycles. The molecule has 18 heteroatoms. The Morgan fingerprint density at radius 3 is 2.07 bits per heavy atom. The second kappa shape index (κ2) is 16.3. The van der Waals surface area contributed by atoms with E-state index < -0.39 is 45.3 Å². The van der Waals surface area contributed by atoms with Crippen LogP contribution in [0.15, 0.2) is 77.8 Å². The second-order valence-corrected chi connectivity index (χ2v) is 16.6. The monoisotopic (exact) mass is 824 g/mol. The molecule has 3 heterocycles. The van der Waals surface area contributed by atoms with Crippen LogP contribution in [0, 0.1) is 0 Å². The number of amides is 5. The maximum absolute atomic E-state index is 13.8. The van der Waals surface area contributed by atoms with Gasteiger partial charge in [0, 0.05) is 25.7 Å². The van der Waals surface area contributed by atoms with Gasteiger partial charge in [-0.15, -0.1) is 0 Å².